The summed E-state index contributed by atoms with van der Waals surface area (Å²) < 4.78 is 30.2. The Hall–Kier alpha value is -4.85. The Morgan fingerprint density at radius 3 is 2.04 bits per heavy atom. The summed E-state index contributed by atoms with van der Waals surface area (Å²) in [5.74, 6) is -2.92. The normalized spacial score (nSPS) is 19.0. The van der Waals surface area contributed by atoms with Gasteiger partial charge < -0.3 is 20.8 Å². The Balaban J connectivity index is 1.02. The van der Waals surface area contributed by atoms with Crippen molar-refractivity contribution >= 4 is 55.8 Å². The smallest absolute Gasteiger partial charge is 0.335 e. The van der Waals surface area contributed by atoms with Crippen LogP contribution in [0.5, 0.6) is 0 Å². The van der Waals surface area contributed by atoms with Gasteiger partial charge in [0.2, 0.25) is 10.0 Å². The zero-order chi connectivity index (χ0) is 38.0. The molecule has 0 unspecified atom stereocenters. The molecule has 282 valence electrons. The number of aryl methyl sites for hydroxylation is 3. The van der Waals surface area contributed by atoms with Gasteiger partial charge in [-0.1, -0.05) is 30.3 Å². The van der Waals surface area contributed by atoms with Crippen LogP contribution in [0.25, 0.3) is 0 Å². The second-order valence-corrected chi connectivity index (χ2v) is 17.5. The summed E-state index contributed by atoms with van der Waals surface area (Å²) in [4.78, 5) is 51.1. The van der Waals surface area contributed by atoms with Crippen molar-refractivity contribution in [1.29, 1.82) is 0 Å². The maximum absolute atomic E-state index is 13.8. The lowest BCUT2D eigenvalue weighted by molar-refractivity contribution is -0.143. The highest BCUT2D eigenvalue weighted by atomic mass is 32.2. The molecule has 0 radical (unpaired) electrons. The van der Waals surface area contributed by atoms with Crippen LogP contribution >= 0.6 is 11.3 Å². The van der Waals surface area contributed by atoms with Crippen LogP contribution in [-0.4, -0.2) is 47.9 Å². The summed E-state index contributed by atoms with van der Waals surface area (Å²) in [5, 5.41) is 24.9. The van der Waals surface area contributed by atoms with E-state index in [0.717, 1.165) is 60.1 Å². The number of carbonyl (C=O) groups excluding carboxylic acids is 2. The number of hydrogen-bond donors (Lipinski definition) is 5. The summed E-state index contributed by atoms with van der Waals surface area (Å²) in [6, 6.07) is 20.3. The first kappa shape index (κ1) is 37.5. The summed E-state index contributed by atoms with van der Waals surface area (Å²) >= 11 is 1.38. The van der Waals surface area contributed by atoms with Crippen molar-refractivity contribution in [2.24, 2.45) is 11.8 Å². The van der Waals surface area contributed by atoms with Crippen LogP contribution < -0.4 is 15.4 Å². The molecule has 5 N–H and O–H groups in total. The number of sulfonamides is 1. The highest BCUT2D eigenvalue weighted by Crippen LogP contribution is 2.50. The minimum absolute atomic E-state index is 0.0244. The Morgan fingerprint density at radius 2 is 1.41 bits per heavy atom. The summed E-state index contributed by atoms with van der Waals surface area (Å²) in [5.41, 5.74) is 3.86. The Kier molecular flexibility index (Phi) is 10.7. The summed E-state index contributed by atoms with van der Waals surface area (Å²) in [6.45, 7) is 0. The molecule has 3 aliphatic carbocycles. The van der Waals surface area contributed by atoms with Crippen LogP contribution in [0.15, 0.2) is 77.7 Å². The molecular weight excluding hydrogens is 727 g/mol. The van der Waals surface area contributed by atoms with E-state index in [2.05, 4.69) is 15.4 Å². The third-order valence-corrected chi connectivity index (χ3v) is 13.9. The lowest BCUT2D eigenvalue weighted by Gasteiger charge is -2.33. The van der Waals surface area contributed by atoms with Crippen molar-refractivity contribution in [3.63, 3.8) is 0 Å². The highest BCUT2D eigenvalue weighted by molar-refractivity contribution is 7.89. The predicted molar refractivity (Wildman–Crippen MR) is 206 cm³/mol. The van der Waals surface area contributed by atoms with Crippen molar-refractivity contribution in [2.75, 3.05) is 10.6 Å². The molecule has 4 aromatic rings. The molecule has 2 saturated carbocycles. The molecule has 13 heteroatoms. The fourth-order valence-electron chi connectivity index (χ4n) is 7.87. The molecule has 54 heavy (non-hydrogen) atoms. The van der Waals surface area contributed by atoms with Gasteiger partial charge in [-0.25, -0.2) is 17.9 Å². The van der Waals surface area contributed by atoms with Gasteiger partial charge in [0.15, 0.2) is 0 Å². The van der Waals surface area contributed by atoms with Crippen molar-refractivity contribution in [3.05, 3.63) is 111 Å². The monoisotopic (exact) mass is 769 g/mol. The van der Waals surface area contributed by atoms with E-state index in [-0.39, 0.29) is 33.8 Å². The lowest BCUT2D eigenvalue weighted by Crippen LogP contribution is -2.44. The Labute approximate surface area is 318 Å². The number of aliphatic carboxylic acids is 1. The van der Waals surface area contributed by atoms with Crippen molar-refractivity contribution in [2.45, 2.75) is 87.5 Å². The zero-order valence-electron chi connectivity index (χ0n) is 29.7. The van der Waals surface area contributed by atoms with Crippen molar-refractivity contribution in [1.82, 2.24) is 4.72 Å². The van der Waals surface area contributed by atoms with Gasteiger partial charge in [0.05, 0.1) is 21.9 Å². The molecule has 0 saturated heterocycles. The average Bonchev–Trinajstić information content (AvgIpc) is 3.85. The number of nitrogens with one attached hydrogen (secondary N) is 3. The third kappa shape index (κ3) is 8.28. The minimum atomic E-state index is -3.97. The number of fused-ring (bicyclic) bond motifs is 1. The Morgan fingerprint density at radius 1 is 0.759 bits per heavy atom. The minimum Gasteiger partial charge on any atom is -0.481 e. The number of carbonyl (C=O) groups is 4. The summed E-state index contributed by atoms with van der Waals surface area (Å²) in [7, 11) is -3.97. The van der Waals surface area contributed by atoms with Crippen LogP contribution in [0.4, 0.5) is 10.7 Å². The van der Waals surface area contributed by atoms with Gasteiger partial charge in [-0.2, -0.15) is 0 Å². The van der Waals surface area contributed by atoms with Gasteiger partial charge in [-0.3, -0.25) is 14.4 Å². The number of anilines is 2. The quantitative estimate of drug-likeness (QED) is 0.0939. The van der Waals surface area contributed by atoms with E-state index in [9.17, 15) is 32.7 Å². The van der Waals surface area contributed by atoms with Gasteiger partial charge >= 0.3 is 11.9 Å². The van der Waals surface area contributed by atoms with Gasteiger partial charge in [0.25, 0.3) is 11.8 Å². The number of aromatic carboxylic acids is 1. The number of amides is 2. The van der Waals surface area contributed by atoms with E-state index in [0.29, 0.717) is 54.8 Å². The second-order valence-electron chi connectivity index (χ2n) is 14.7. The molecule has 3 aliphatic rings. The highest BCUT2D eigenvalue weighted by Gasteiger charge is 2.52. The topological polar surface area (TPSA) is 179 Å². The van der Waals surface area contributed by atoms with Gasteiger partial charge in [0, 0.05) is 21.7 Å². The molecule has 0 atom stereocenters. The Bertz CT molecular complexity index is 2180. The number of benzene rings is 3. The predicted octanol–water partition coefficient (Wildman–Crippen LogP) is 7.32. The van der Waals surface area contributed by atoms with E-state index >= 15 is 0 Å². The van der Waals surface area contributed by atoms with E-state index in [4.69, 9.17) is 5.11 Å². The zero-order valence-corrected chi connectivity index (χ0v) is 31.4. The molecule has 2 amide bonds. The molecule has 11 nitrogen and oxygen atoms in total. The lowest BCUT2D eigenvalue weighted by atomic mass is 9.77. The molecule has 0 aliphatic heterocycles. The third-order valence-electron chi connectivity index (χ3n) is 11.1. The molecule has 2 fully saturated rings. The number of rotatable bonds is 13. The van der Waals surface area contributed by atoms with Crippen molar-refractivity contribution in [3.8, 4) is 0 Å². The van der Waals surface area contributed by atoms with Crippen LogP contribution in [0.1, 0.15) is 104 Å². The number of carboxylic acids is 2. The second kappa shape index (κ2) is 15.5. The van der Waals surface area contributed by atoms with Crippen LogP contribution in [0, 0.1) is 11.8 Å². The van der Waals surface area contributed by atoms with Gasteiger partial charge in [0.1, 0.15) is 5.00 Å². The molecule has 3 aromatic carbocycles. The number of thiophene rings is 1. The largest absolute Gasteiger partial charge is 0.481 e. The number of hydrogen-bond acceptors (Lipinski definition) is 7. The molecule has 0 bridgehead atoms. The SMILES string of the molecule is O=C(O)c1ccc(CCc2ccc(NC(=O)c3c(NC(=O)c4cccc(S(=O)(=O)NC5(C6CCC(C(=O)O)CC6)CC5)c4)sc4c3CCCC4)cc2)cc1. The van der Waals surface area contributed by atoms with Gasteiger partial charge in [-0.15, -0.1) is 11.3 Å². The van der Waals surface area contributed by atoms with E-state index in [1.807, 2.05) is 36.4 Å². The first-order valence-electron chi connectivity index (χ1n) is 18.5. The fraction of sp³-hybridized carbons (Fsp3) is 0.366. The van der Waals surface area contributed by atoms with E-state index in [1.54, 1.807) is 18.2 Å². The van der Waals surface area contributed by atoms with Crippen LogP contribution in [-0.2, 0) is 40.5 Å². The van der Waals surface area contributed by atoms with Crippen molar-refractivity contribution < 1.29 is 37.8 Å². The van der Waals surface area contributed by atoms with Gasteiger partial charge in [-0.05, 0) is 142 Å². The fourth-order valence-corrected chi connectivity index (χ4v) is 10.7. The molecule has 7 rings (SSSR count). The van der Waals surface area contributed by atoms with E-state index < -0.39 is 33.4 Å². The summed E-state index contributed by atoms with van der Waals surface area (Å²) in [6.07, 6.45) is 8.69. The van der Waals surface area contributed by atoms with E-state index in [1.165, 1.54) is 29.5 Å². The first-order chi connectivity index (χ1) is 25.9. The van der Waals surface area contributed by atoms with Crippen LogP contribution in [0.3, 0.4) is 0 Å². The van der Waals surface area contributed by atoms with Crippen LogP contribution in [0.2, 0.25) is 0 Å². The number of carboxylic acid groups (broad SMARTS) is 2. The molecule has 1 heterocycles. The molecule has 0 spiro atoms. The molecular formula is C41H43N3O8S2. The average molecular weight is 770 g/mol. The standard InChI is InChI=1S/C41H43N3O8S2/c45-36(29-4-3-5-32(24-29)54(51,52)44-41(22-23-41)30-18-16-28(17-19-30)40(49)50)43-38-35(33-6-1-2-7-34(33)53-38)37(46)42-31-20-12-26(13-21-31)9-8-25-10-14-27(15-11-25)39(47)48/h3-5,10-15,20-21,24,28,30,44H,1-2,6-9,16-19,22-23H2,(H,42,46)(H,43,45)(H,47,48)(H,49,50). The maximum Gasteiger partial charge on any atom is 0.335 e. The maximum atomic E-state index is 13.8. The first-order valence-corrected chi connectivity index (χ1v) is 20.8. The molecule has 1 aromatic heterocycles.